The Bertz CT molecular complexity index is 961. The lowest BCUT2D eigenvalue weighted by Gasteiger charge is -2.02. The van der Waals surface area contributed by atoms with Gasteiger partial charge in [0, 0.05) is 37.1 Å². The van der Waals surface area contributed by atoms with Gasteiger partial charge in [0.15, 0.2) is 5.82 Å². The summed E-state index contributed by atoms with van der Waals surface area (Å²) in [5.74, 6) is 1.18. The normalized spacial score (nSPS) is 10.7. The third kappa shape index (κ3) is 2.99. The topological polar surface area (TPSA) is 81.4 Å². The van der Waals surface area contributed by atoms with Crippen molar-refractivity contribution in [3.8, 4) is 22.1 Å². The quantitative estimate of drug-likeness (QED) is 0.617. The van der Waals surface area contributed by atoms with Gasteiger partial charge in [0.05, 0.1) is 5.69 Å². The number of nitrogens with one attached hydrogen (secondary N) is 1. The Kier molecular flexibility index (Phi) is 3.72. The number of aromatic nitrogens is 6. The molecular formula is C16H13N7S. The molecule has 0 saturated heterocycles. The van der Waals surface area contributed by atoms with Crippen LogP contribution in [0.4, 0.5) is 11.8 Å². The molecule has 7 nitrogen and oxygen atoms in total. The van der Waals surface area contributed by atoms with E-state index in [9.17, 15) is 0 Å². The van der Waals surface area contributed by atoms with E-state index in [-0.39, 0.29) is 0 Å². The van der Waals surface area contributed by atoms with Gasteiger partial charge in [-0.25, -0.2) is 15.0 Å². The minimum absolute atomic E-state index is 0.487. The van der Waals surface area contributed by atoms with E-state index in [0.29, 0.717) is 11.8 Å². The molecule has 4 heterocycles. The second kappa shape index (κ2) is 6.17. The molecule has 0 amide bonds. The van der Waals surface area contributed by atoms with E-state index in [2.05, 4.69) is 30.4 Å². The van der Waals surface area contributed by atoms with Crippen molar-refractivity contribution in [2.75, 3.05) is 5.32 Å². The second-order valence-corrected chi connectivity index (χ2v) is 5.88. The minimum Gasteiger partial charge on any atom is -0.307 e. The Hall–Kier alpha value is -3.13. The molecule has 0 aromatic carbocycles. The van der Waals surface area contributed by atoms with E-state index in [1.54, 1.807) is 17.1 Å². The van der Waals surface area contributed by atoms with Gasteiger partial charge < -0.3 is 5.32 Å². The summed E-state index contributed by atoms with van der Waals surface area (Å²) in [6, 6.07) is 9.47. The van der Waals surface area contributed by atoms with Gasteiger partial charge in [-0.05, 0) is 18.2 Å². The number of anilines is 2. The standard InChI is InChI=1S/C16H13N7S/c1-23-9-6-14(22-23)21-16-18-8-5-12(20-16)15-19-13(10-24-15)11-4-2-3-7-17-11/h2-10H,1H3,(H,18,20,21,22). The first-order chi connectivity index (χ1) is 11.8. The van der Waals surface area contributed by atoms with Crippen molar-refractivity contribution in [1.29, 1.82) is 0 Å². The van der Waals surface area contributed by atoms with Crippen LogP contribution in [-0.4, -0.2) is 29.7 Å². The van der Waals surface area contributed by atoms with Crippen LogP contribution in [0, 0.1) is 0 Å². The predicted octanol–water partition coefficient (Wildman–Crippen LogP) is 3.14. The molecule has 0 aliphatic heterocycles. The van der Waals surface area contributed by atoms with Crippen LogP contribution in [0.3, 0.4) is 0 Å². The molecule has 0 aliphatic rings. The Morgan fingerprint density at radius 3 is 2.71 bits per heavy atom. The van der Waals surface area contributed by atoms with Gasteiger partial charge in [-0.15, -0.1) is 11.3 Å². The van der Waals surface area contributed by atoms with E-state index >= 15 is 0 Å². The van der Waals surface area contributed by atoms with Gasteiger partial charge in [0.25, 0.3) is 0 Å². The van der Waals surface area contributed by atoms with E-state index < -0.39 is 0 Å². The summed E-state index contributed by atoms with van der Waals surface area (Å²) in [6.07, 6.45) is 5.31. The minimum atomic E-state index is 0.487. The molecule has 0 aliphatic carbocycles. The van der Waals surface area contributed by atoms with E-state index in [1.165, 1.54) is 11.3 Å². The van der Waals surface area contributed by atoms with Crippen molar-refractivity contribution in [2.24, 2.45) is 7.05 Å². The first-order valence-electron chi connectivity index (χ1n) is 7.25. The fourth-order valence-corrected chi connectivity index (χ4v) is 2.94. The monoisotopic (exact) mass is 335 g/mol. The highest BCUT2D eigenvalue weighted by molar-refractivity contribution is 7.13. The molecule has 0 unspecified atom stereocenters. The van der Waals surface area contributed by atoms with Gasteiger partial charge in [-0.2, -0.15) is 5.10 Å². The zero-order valence-electron chi connectivity index (χ0n) is 12.8. The molecule has 0 spiro atoms. The third-order valence-corrected chi connectivity index (χ3v) is 4.12. The van der Waals surface area contributed by atoms with Crippen LogP contribution in [0.2, 0.25) is 0 Å². The zero-order chi connectivity index (χ0) is 16.4. The van der Waals surface area contributed by atoms with Crippen molar-refractivity contribution in [3.63, 3.8) is 0 Å². The summed E-state index contributed by atoms with van der Waals surface area (Å²) < 4.78 is 1.71. The molecule has 0 fully saturated rings. The number of hydrogen-bond acceptors (Lipinski definition) is 7. The predicted molar refractivity (Wildman–Crippen MR) is 92.9 cm³/mol. The fraction of sp³-hybridized carbons (Fsp3) is 0.0625. The van der Waals surface area contributed by atoms with Crippen LogP contribution in [0.5, 0.6) is 0 Å². The number of thiazole rings is 1. The van der Waals surface area contributed by atoms with Gasteiger partial charge in [0.1, 0.15) is 16.4 Å². The Labute approximate surface area is 142 Å². The molecule has 4 aromatic heterocycles. The number of aryl methyl sites for hydroxylation is 1. The van der Waals surface area contributed by atoms with E-state index in [0.717, 1.165) is 22.1 Å². The summed E-state index contributed by atoms with van der Waals surface area (Å²) in [5, 5.41) is 10.1. The average Bonchev–Trinajstić information content (AvgIpc) is 3.25. The molecule has 4 rings (SSSR count). The maximum Gasteiger partial charge on any atom is 0.229 e. The highest BCUT2D eigenvalue weighted by Gasteiger charge is 2.10. The van der Waals surface area contributed by atoms with Crippen LogP contribution in [0.25, 0.3) is 22.1 Å². The van der Waals surface area contributed by atoms with Crippen molar-refractivity contribution in [2.45, 2.75) is 0 Å². The first kappa shape index (κ1) is 14.5. The number of pyridine rings is 1. The maximum absolute atomic E-state index is 4.62. The molecule has 8 heteroatoms. The van der Waals surface area contributed by atoms with Crippen molar-refractivity contribution >= 4 is 23.1 Å². The zero-order valence-corrected chi connectivity index (χ0v) is 13.6. The van der Waals surface area contributed by atoms with E-state index in [4.69, 9.17) is 0 Å². The summed E-state index contributed by atoms with van der Waals surface area (Å²) in [6.45, 7) is 0. The summed E-state index contributed by atoms with van der Waals surface area (Å²) in [5.41, 5.74) is 2.45. The van der Waals surface area contributed by atoms with Crippen LogP contribution >= 0.6 is 11.3 Å². The smallest absolute Gasteiger partial charge is 0.229 e. The lowest BCUT2D eigenvalue weighted by Crippen LogP contribution is -1.99. The van der Waals surface area contributed by atoms with Crippen molar-refractivity contribution < 1.29 is 0 Å². The van der Waals surface area contributed by atoms with Gasteiger partial charge in [0.2, 0.25) is 5.95 Å². The molecular weight excluding hydrogens is 322 g/mol. The number of rotatable bonds is 4. The molecule has 0 bridgehead atoms. The molecule has 4 aromatic rings. The van der Waals surface area contributed by atoms with Crippen LogP contribution < -0.4 is 5.32 Å². The van der Waals surface area contributed by atoms with Gasteiger partial charge in [-0.3, -0.25) is 9.67 Å². The number of hydrogen-bond donors (Lipinski definition) is 1. The third-order valence-electron chi connectivity index (χ3n) is 3.26. The Morgan fingerprint density at radius 1 is 0.958 bits per heavy atom. The summed E-state index contributed by atoms with van der Waals surface area (Å²) in [7, 11) is 1.86. The summed E-state index contributed by atoms with van der Waals surface area (Å²) >= 11 is 1.53. The highest BCUT2D eigenvalue weighted by atomic mass is 32.1. The molecule has 1 N–H and O–H groups in total. The molecule has 0 atom stereocenters. The van der Waals surface area contributed by atoms with Gasteiger partial charge in [-0.1, -0.05) is 6.07 Å². The number of nitrogens with zero attached hydrogens (tertiary/aromatic N) is 6. The van der Waals surface area contributed by atoms with Gasteiger partial charge >= 0.3 is 0 Å². The maximum atomic E-state index is 4.62. The highest BCUT2D eigenvalue weighted by Crippen LogP contribution is 2.27. The SMILES string of the molecule is Cn1ccc(Nc2nccc(-c3nc(-c4ccccn4)cs3)n2)n1. The lowest BCUT2D eigenvalue weighted by molar-refractivity contribution is 0.771. The lowest BCUT2D eigenvalue weighted by atomic mass is 10.3. The molecule has 0 radical (unpaired) electrons. The largest absolute Gasteiger partial charge is 0.307 e. The summed E-state index contributed by atoms with van der Waals surface area (Å²) in [4.78, 5) is 17.7. The van der Waals surface area contributed by atoms with Crippen LogP contribution in [-0.2, 0) is 7.05 Å². The van der Waals surface area contributed by atoms with Crippen molar-refractivity contribution in [3.05, 3.63) is 54.3 Å². The van der Waals surface area contributed by atoms with Crippen LogP contribution in [0.1, 0.15) is 0 Å². The second-order valence-electron chi connectivity index (χ2n) is 5.02. The molecule has 118 valence electrons. The average molecular weight is 335 g/mol. The molecule has 0 saturated carbocycles. The fourth-order valence-electron chi connectivity index (χ4n) is 2.16. The first-order valence-corrected chi connectivity index (χ1v) is 8.13. The van der Waals surface area contributed by atoms with Crippen LogP contribution in [0.15, 0.2) is 54.3 Å². The Balaban J connectivity index is 1.61. The Morgan fingerprint density at radius 2 is 1.92 bits per heavy atom. The van der Waals surface area contributed by atoms with E-state index in [1.807, 2.05) is 49.0 Å². The molecule has 24 heavy (non-hydrogen) atoms. The van der Waals surface area contributed by atoms with Crippen molar-refractivity contribution in [1.82, 2.24) is 29.7 Å².